The smallest absolute Gasteiger partial charge is 0.352 e. The van der Waals surface area contributed by atoms with Gasteiger partial charge in [-0.3, -0.25) is 13.9 Å². The number of sulfonamides is 1. The van der Waals surface area contributed by atoms with Gasteiger partial charge in [0.05, 0.1) is 16.1 Å². The Labute approximate surface area is 239 Å². The second-order valence-electron chi connectivity index (χ2n) is 10.2. The summed E-state index contributed by atoms with van der Waals surface area (Å²) in [5, 5.41) is 2.76. The number of nitrogens with one attached hydrogen (secondary N) is 1. The topological polar surface area (TPSA) is 86.8 Å². The molecule has 2 amide bonds. The number of carbonyl (C=O) groups is 2. The Hall–Kier alpha value is -3.86. The van der Waals surface area contributed by atoms with Gasteiger partial charge in [0, 0.05) is 12.6 Å². The quantitative estimate of drug-likeness (QED) is 0.340. The molecule has 0 spiro atoms. The number of anilines is 1. The zero-order chi connectivity index (χ0) is 30.5. The number of alkyl halides is 3. The fourth-order valence-electron chi connectivity index (χ4n) is 4.16. The van der Waals surface area contributed by atoms with E-state index in [1.54, 1.807) is 45.0 Å². The molecule has 0 aliphatic carbocycles. The normalized spacial score (nSPS) is 12.6. The summed E-state index contributed by atoms with van der Waals surface area (Å²) in [6, 6.07) is 15.6. The van der Waals surface area contributed by atoms with Crippen LogP contribution in [0.5, 0.6) is 0 Å². The number of nitrogens with zero attached hydrogens (tertiary/aromatic N) is 2. The van der Waals surface area contributed by atoms with Crippen LogP contribution in [-0.4, -0.2) is 43.8 Å². The molecule has 41 heavy (non-hydrogen) atoms. The van der Waals surface area contributed by atoms with Crippen molar-refractivity contribution < 1.29 is 31.2 Å². The number of carbonyl (C=O) groups excluding carboxylic acids is 2. The van der Waals surface area contributed by atoms with Crippen LogP contribution in [0.4, 0.5) is 18.9 Å². The molecular weight excluding hydrogens is 555 g/mol. The summed E-state index contributed by atoms with van der Waals surface area (Å²) in [4.78, 5) is 27.9. The lowest BCUT2D eigenvalue weighted by Gasteiger charge is -2.32. The van der Waals surface area contributed by atoms with Crippen molar-refractivity contribution in [3.63, 3.8) is 0 Å². The minimum Gasteiger partial charge on any atom is -0.352 e. The number of halogens is 3. The second-order valence-corrected chi connectivity index (χ2v) is 12.0. The van der Waals surface area contributed by atoms with E-state index in [1.165, 1.54) is 30.0 Å². The first-order valence-corrected chi connectivity index (χ1v) is 14.5. The number of hydrogen-bond donors (Lipinski definition) is 1. The van der Waals surface area contributed by atoms with Crippen molar-refractivity contribution in [3.8, 4) is 0 Å². The van der Waals surface area contributed by atoms with E-state index >= 15 is 0 Å². The van der Waals surface area contributed by atoms with E-state index in [0.717, 1.165) is 28.8 Å². The number of amides is 2. The van der Waals surface area contributed by atoms with E-state index in [0.29, 0.717) is 10.4 Å². The van der Waals surface area contributed by atoms with Crippen LogP contribution in [0.25, 0.3) is 0 Å². The van der Waals surface area contributed by atoms with Crippen LogP contribution in [0.1, 0.15) is 43.0 Å². The summed E-state index contributed by atoms with van der Waals surface area (Å²) < 4.78 is 69.0. The van der Waals surface area contributed by atoms with Gasteiger partial charge in [0.2, 0.25) is 11.8 Å². The molecule has 0 saturated heterocycles. The molecule has 3 rings (SSSR count). The molecule has 220 valence electrons. The zero-order valence-electron chi connectivity index (χ0n) is 23.6. The first kappa shape index (κ1) is 31.7. The van der Waals surface area contributed by atoms with Gasteiger partial charge in [0.25, 0.3) is 10.0 Å². The van der Waals surface area contributed by atoms with Crippen LogP contribution >= 0.6 is 0 Å². The van der Waals surface area contributed by atoms with Gasteiger partial charge >= 0.3 is 6.18 Å². The molecule has 0 radical (unpaired) electrons. The van der Waals surface area contributed by atoms with E-state index in [9.17, 15) is 31.2 Å². The number of rotatable bonds is 10. The Morgan fingerprint density at radius 2 is 1.54 bits per heavy atom. The lowest BCUT2D eigenvalue weighted by Crippen LogP contribution is -2.52. The third-order valence-corrected chi connectivity index (χ3v) is 8.34. The third-order valence-electron chi connectivity index (χ3n) is 6.55. The Morgan fingerprint density at radius 1 is 0.902 bits per heavy atom. The van der Waals surface area contributed by atoms with Crippen LogP contribution in [0.3, 0.4) is 0 Å². The van der Waals surface area contributed by atoms with Gasteiger partial charge in [-0.25, -0.2) is 8.42 Å². The predicted octanol–water partition coefficient (Wildman–Crippen LogP) is 5.46. The minimum absolute atomic E-state index is 0.0147. The highest BCUT2D eigenvalue weighted by Crippen LogP contribution is 2.33. The lowest BCUT2D eigenvalue weighted by atomic mass is 10.1. The molecule has 0 aliphatic heterocycles. The maximum absolute atomic E-state index is 13.9. The summed E-state index contributed by atoms with van der Waals surface area (Å²) in [6.07, 6.45) is -4.74. The van der Waals surface area contributed by atoms with E-state index in [1.807, 2.05) is 19.1 Å². The van der Waals surface area contributed by atoms with E-state index in [2.05, 4.69) is 5.32 Å². The van der Waals surface area contributed by atoms with Crippen LogP contribution in [-0.2, 0) is 32.3 Å². The minimum atomic E-state index is -4.74. The molecule has 7 nitrogen and oxygen atoms in total. The highest BCUT2D eigenvalue weighted by Gasteiger charge is 2.35. The predicted molar refractivity (Wildman–Crippen MR) is 152 cm³/mol. The van der Waals surface area contributed by atoms with Crippen LogP contribution < -0.4 is 9.62 Å². The summed E-state index contributed by atoms with van der Waals surface area (Å²) in [5.74, 6) is -1.21. The molecule has 11 heteroatoms. The lowest BCUT2D eigenvalue weighted by molar-refractivity contribution is -0.139. The number of aryl methyl sites for hydroxylation is 2. The van der Waals surface area contributed by atoms with Crippen molar-refractivity contribution in [1.29, 1.82) is 0 Å². The van der Waals surface area contributed by atoms with Gasteiger partial charge in [0.1, 0.15) is 12.6 Å². The number of benzene rings is 3. The molecule has 0 aliphatic rings. The maximum atomic E-state index is 13.9. The number of hydrogen-bond acceptors (Lipinski definition) is 4. The molecule has 0 heterocycles. The van der Waals surface area contributed by atoms with E-state index in [4.69, 9.17) is 0 Å². The van der Waals surface area contributed by atoms with Crippen molar-refractivity contribution in [2.75, 3.05) is 10.8 Å². The fraction of sp³-hybridized carbons (Fsp3) is 0.333. The zero-order valence-corrected chi connectivity index (χ0v) is 24.4. The average molecular weight is 590 g/mol. The van der Waals surface area contributed by atoms with Gasteiger partial charge in [-0.2, -0.15) is 13.2 Å². The van der Waals surface area contributed by atoms with Gasteiger partial charge in [-0.1, -0.05) is 48.0 Å². The standard InChI is InChI=1S/C30H34F3N3O4S/c1-20(2)34-29(38)23(5)35(18-24-10-7-6-9-22(24)4)28(37)19-36(26-12-8-11-25(17-26)30(31,32)33)41(39,40)27-15-13-21(3)14-16-27/h6-17,20,23H,18-19H2,1-5H3,(H,34,38)/t23-/m1/s1. The Bertz CT molecular complexity index is 1490. The Kier molecular flexibility index (Phi) is 9.85. The van der Waals surface area contributed by atoms with Gasteiger partial charge in [0.15, 0.2) is 0 Å². The first-order valence-electron chi connectivity index (χ1n) is 13.0. The molecule has 0 aromatic heterocycles. The van der Waals surface area contributed by atoms with E-state index < -0.39 is 46.2 Å². The van der Waals surface area contributed by atoms with Crippen molar-refractivity contribution >= 4 is 27.5 Å². The largest absolute Gasteiger partial charge is 0.416 e. The Balaban J connectivity index is 2.11. The van der Waals surface area contributed by atoms with Crippen molar-refractivity contribution in [2.45, 2.75) is 64.3 Å². The Morgan fingerprint density at radius 3 is 2.12 bits per heavy atom. The van der Waals surface area contributed by atoms with Crippen molar-refractivity contribution in [2.24, 2.45) is 0 Å². The molecule has 3 aromatic carbocycles. The molecule has 1 N–H and O–H groups in total. The van der Waals surface area contributed by atoms with Crippen molar-refractivity contribution in [3.05, 3.63) is 95.1 Å². The van der Waals surface area contributed by atoms with Crippen LogP contribution in [0.15, 0.2) is 77.7 Å². The maximum Gasteiger partial charge on any atom is 0.416 e. The average Bonchev–Trinajstić information content (AvgIpc) is 2.90. The summed E-state index contributed by atoms with van der Waals surface area (Å²) >= 11 is 0. The molecular formula is C30H34F3N3O4S. The highest BCUT2D eigenvalue weighted by atomic mass is 32.2. The highest BCUT2D eigenvalue weighted by molar-refractivity contribution is 7.92. The van der Waals surface area contributed by atoms with Crippen molar-refractivity contribution in [1.82, 2.24) is 10.2 Å². The fourth-order valence-corrected chi connectivity index (χ4v) is 5.57. The van der Waals surface area contributed by atoms with E-state index in [-0.39, 0.29) is 23.2 Å². The third kappa shape index (κ3) is 7.87. The van der Waals surface area contributed by atoms with Gasteiger partial charge in [-0.05, 0) is 76.1 Å². The molecule has 1 atom stereocenters. The molecule has 0 unspecified atom stereocenters. The summed E-state index contributed by atoms with van der Waals surface area (Å²) in [7, 11) is -4.49. The molecule has 0 fully saturated rings. The summed E-state index contributed by atoms with van der Waals surface area (Å²) in [5.41, 5.74) is 0.970. The van der Waals surface area contributed by atoms with Gasteiger partial charge in [-0.15, -0.1) is 0 Å². The second kappa shape index (κ2) is 12.8. The van der Waals surface area contributed by atoms with Crippen LogP contribution in [0.2, 0.25) is 0 Å². The first-order chi connectivity index (χ1) is 19.1. The molecule has 0 saturated carbocycles. The SMILES string of the molecule is Cc1ccc(S(=O)(=O)N(CC(=O)N(Cc2ccccc2C)[C@H](C)C(=O)NC(C)C)c2cccc(C(F)(F)F)c2)cc1. The molecule has 3 aromatic rings. The monoisotopic (exact) mass is 589 g/mol. The van der Waals surface area contributed by atoms with Gasteiger partial charge < -0.3 is 10.2 Å². The molecule has 0 bridgehead atoms. The van der Waals surface area contributed by atoms with Crippen LogP contribution in [0, 0.1) is 13.8 Å². The summed E-state index contributed by atoms with van der Waals surface area (Å²) in [6.45, 7) is 7.81.